The molecule has 134 valence electrons. The Morgan fingerprint density at radius 2 is 1.96 bits per heavy atom. The monoisotopic (exact) mass is 367 g/mol. The summed E-state index contributed by atoms with van der Waals surface area (Å²) in [4.78, 5) is 13.2. The molecule has 0 saturated heterocycles. The Morgan fingerprint density at radius 3 is 2.77 bits per heavy atom. The van der Waals surface area contributed by atoms with Gasteiger partial charge in [0.1, 0.15) is 5.15 Å². The smallest absolute Gasteiger partial charge is 0.191 e. The van der Waals surface area contributed by atoms with Crippen LogP contribution in [0.4, 0.5) is 0 Å². The standard InChI is InChI=1S/C20H22ClN5/c1-2-22-20(24-11-9-15-7-8-19(21)25-13-15)26-14-16-10-12-23-18-6-4-3-5-17(16)18/h3-8,10,12-13H,2,9,11,14H2,1H3,(H2,22,24,26). The van der Waals surface area contributed by atoms with Gasteiger partial charge in [0.15, 0.2) is 5.96 Å². The maximum atomic E-state index is 5.82. The second kappa shape index (κ2) is 9.15. The molecule has 0 saturated carbocycles. The molecule has 0 radical (unpaired) electrons. The van der Waals surface area contributed by atoms with Crippen LogP contribution in [-0.4, -0.2) is 29.0 Å². The SMILES string of the molecule is CCNC(=NCc1ccnc2ccccc12)NCCc1ccc(Cl)nc1. The molecule has 0 spiro atoms. The van der Waals surface area contributed by atoms with Crippen molar-refractivity contribution in [1.29, 1.82) is 0 Å². The van der Waals surface area contributed by atoms with Crippen LogP contribution in [-0.2, 0) is 13.0 Å². The zero-order valence-electron chi connectivity index (χ0n) is 14.7. The fourth-order valence-corrected chi connectivity index (χ4v) is 2.79. The first-order chi connectivity index (χ1) is 12.8. The summed E-state index contributed by atoms with van der Waals surface area (Å²) in [5, 5.41) is 8.30. The number of nitrogens with zero attached hydrogens (tertiary/aromatic N) is 3. The van der Waals surface area contributed by atoms with Gasteiger partial charge in [-0.25, -0.2) is 9.98 Å². The second-order valence-electron chi connectivity index (χ2n) is 5.85. The highest BCUT2D eigenvalue weighted by atomic mass is 35.5. The van der Waals surface area contributed by atoms with Crippen LogP contribution in [0, 0.1) is 0 Å². The van der Waals surface area contributed by atoms with Gasteiger partial charge in [-0.05, 0) is 42.7 Å². The summed E-state index contributed by atoms with van der Waals surface area (Å²) in [5.41, 5.74) is 3.29. The number of rotatable bonds is 6. The highest BCUT2D eigenvalue weighted by molar-refractivity contribution is 6.29. The lowest BCUT2D eigenvalue weighted by Gasteiger charge is -2.12. The molecule has 26 heavy (non-hydrogen) atoms. The van der Waals surface area contributed by atoms with Crippen molar-refractivity contribution in [1.82, 2.24) is 20.6 Å². The molecular formula is C20H22ClN5. The molecule has 0 aliphatic rings. The normalized spacial score (nSPS) is 11.5. The van der Waals surface area contributed by atoms with E-state index in [4.69, 9.17) is 16.6 Å². The van der Waals surface area contributed by atoms with Gasteiger partial charge >= 0.3 is 0 Å². The lowest BCUT2D eigenvalue weighted by molar-refractivity contribution is 0.798. The molecule has 1 aromatic carbocycles. The number of nitrogens with one attached hydrogen (secondary N) is 2. The lowest BCUT2D eigenvalue weighted by atomic mass is 10.1. The molecule has 0 aliphatic heterocycles. The van der Waals surface area contributed by atoms with Crippen molar-refractivity contribution in [3.63, 3.8) is 0 Å². The Bertz CT molecular complexity index is 872. The van der Waals surface area contributed by atoms with Crippen LogP contribution in [0.5, 0.6) is 0 Å². The lowest BCUT2D eigenvalue weighted by Crippen LogP contribution is -2.38. The van der Waals surface area contributed by atoms with E-state index in [1.807, 2.05) is 42.6 Å². The van der Waals surface area contributed by atoms with E-state index in [1.165, 1.54) is 0 Å². The van der Waals surface area contributed by atoms with Crippen LogP contribution >= 0.6 is 11.6 Å². The Kier molecular flexibility index (Phi) is 6.39. The van der Waals surface area contributed by atoms with Crippen molar-refractivity contribution in [3.8, 4) is 0 Å². The summed E-state index contributed by atoms with van der Waals surface area (Å²) < 4.78 is 0. The average molecular weight is 368 g/mol. The van der Waals surface area contributed by atoms with Gasteiger partial charge in [-0.15, -0.1) is 0 Å². The summed E-state index contributed by atoms with van der Waals surface area (Å²) in [6, 6.07) is 14.0. The molecule has 6 heteroatoms. The molecule has 0 amide bonds. The number of para-hydroxylation sites is 1. The van der Waals surface area contributed by atoms with Crippen LogP contribution in [0.15, 0.2) is 59.9 Å². The molecule has 3 rings (SSSR count). The number of hydrogen-bond donors (Lipinski definition) is 2. The molecule has 0 atom stereocenters. The first kappa shape index (κ1) is 18.1. The molecule has 2 N–H and O–H groups in total. The Morgan fingerprint density at radius 1 is 1.08 bits per heavy atom. The Hall–Kier alpha value is -2.66. The van der Waals surface area contributed by atoms with E-state index < -0.39 is 0 Å². The van der Waals surface area contributed by atoms with Crippen LogP contribution < -0.4 is 10.6 Å². The largest absolute Gasteiger partial charge is 0.357 e. The van der Waals surface area contributed by atoms with Gasteiger partial charge in [0.25, 0.3) is 0 Å². The van der Waals surface area contributed by atoms with Crippen LogP contribution in [0.3, 0.4) is 0 Å². The van der Waals surface area contributed by atoms with Gasteiger partial charge in [0.05, 0.1) is 12.1 Å². The first-order valence-corrected chi connectivity index (χ1v) is 9.09. The molecule has 3 aromatic rings. The Balaban J connectivity index is 1.63. The van der Waals surface area contributed by atoms with E-state index in [0.29, 0.717) is 11.7 Å². The van der Waals surface area contributed by atoms with Gasteiger partial charge in [-0.1, -0.05) is 35.9 Å². The third-order valence-corrected chi connectivity index (χ3v) is 4.21. The molecular weight excluding hydrogens is 346 g/mol. The molecule has 0 unspecified atom stereocenters. The minimum Gasteiger partial charge on any atom is -0.357 e. The van der Waals surface area contributed by atoms with Gasteiger partial charge in [-0.2, -0.15) is 0 Å². The fourth-order valence-electron chi connectivity index (χ4n) is 2.68. The number of fused-ring (bicyclic) bond motifs is 1. The average Bonchev–Trinajstić information content (AvgIpc) is 2.67. The number of hydrogen-bond acceptors (Lipinski definition) is 3. The third-order valence-electron chi connectivity index (χ3n) is 3.99. The van der Waals surface area contributed by atoms with Crippen molar-refractivity contribution < 1.29 is 0 Å². The number of guanidine groups is 1. The van der Waals surface area contributed by atoms with Crippen molar-refractivity contribution in [2.45, 2.75) is 19.9 Å². The summed E-state index contributed by atoms with van der Waals surface area (Å²) in [6.45, 7) is 4.24. The van der Waals surface area contributed by atoms with Crippen molar-refractivity contribution in [3.05, 3.63) is 71.1 Å². The van der Waals surface area contributed by atoms with Crippen LogP contribution in [0.25, 0.3) is 10.9 Å². The van der Waals surface area contributed by atoms with E-state index in [1.54, 1.807) is 6.20 Å². The highest BCUT2D eigenvalue weighted by Gasteiger charge is 2.02. The topological polar surface area (TPSA) is 62.2 Å². The molecule has 0 aliphatic carbocycles. The Labute approximate surface area is 158 Å². The minimum absolute atomic E-state index is 0.515. The van der Waals surface area contributed by atoms with E-state index in [-0.39, 0.29) is 0 Å². The van der Waals surface area contributed by atoms with Crippen LogP contribution in [0.2, 0.25) is 5.15 Å². The first-order valence-electron chi connectivity index (χ1n) is 8.71. The fraction of sp³-hybridized carbons (Fsp3) is 0.250. The maximum absolute atomic E-state index is 5.82. The second-order valence-corrected chi connectivity index (χ2v) is 6.24. The number of benzene rings is 1. The highest BCUT2D eigenvalue weighted by Crippen LogP contribution is 2.16. The molecule has 2 aromatic heterocycles. The van der Waals surface area contributed by atoms with E-state index >= 15 is 0 Å². The zero-order valence-corrected chi connectivity index (χ0v) is 15.5. The van der Waals surface area contributed by atoms with Crippen molar-refractivity contribution in [2.24, 2.45) is 4.99 Å². The summed E-state index contributed by atoms with van der Waals surface area (Å²) >= 11 is 5.82. The molecule has 0 bridgehead atoms. The van der Waals surface area contributed by atoms with Crippen molar-refractivity contribution >= 4 is 28.5 Å². The van der Waals surface area contributed by atoms with Gasteiger partial charge in [0, 0.05) is 30.9 Å². The third kappa shape index (κ3) is 4.92. The zero-order chi connectivity index (χ0) is 18.2. The summed E-state index contributed by atoms with van der Waals surface area (Å²) in [6.07, 6.45) is 4.49. The molecule has 2 heterocycles. The molecule has 5 nitrogen and oxygen atoms in total. The van der Waals surface area contributed by atoms with Gasteiger partial charge in [-0.3, -0.25) is 4.98 Å². The van der Waals surface area contributed by atoms with E-state index in [9.17, 15) is 0 Å². The number of halogens is 1. The maximum Gasteiger partial charge on any atom is 0.191 e. The molecule has 0 fully saturated rings. The van der Waals surface area contributed by atoms with Crippen LogP contribution in [0.1, 0.15) is 18.1 Å². The summed E-state index contributed by atoms with van der Waals surface area (Å²) in [7, 11) is 0. The van der Waals surface area contributed by atoms with Gasteiger partial charge < -0.3 is 10.6 Å². The minimum atomic E-state index is 0.515. The summed E-state index contributed by atoms with van der Waals surface area (Å²) in [5.74, 6) is 0.801. The van der Waals surface area contributed by atoms with Gasteiger partial charge in [0.2, 0.25) is 0 Å². The van der Waals surface area contributed by atoms with E-state index in [2.05, 4.69) is 33.6 Å². The van der Waals surface area contributed by atoms with E-state index in [0.717, 1.165) is 47.5 Å². The predicted molar refractivity (Wildman–Crippen MR) is 108 cm³/mol. The quantitative estimate of drug-likeness (QED) is 0.397. The predicted octanol–water partition coefficient (Wildman–Crippen LogP) is 3.58. The number of aromatic nitrogens is 2. The number of aliphatic imine (C=N–C) groups is 1. The van der Waals surface area contributed by atoms with Crippen molar-refractivity contribution in [2.75, 3.05) is 13.1 Å². The number of pyridine rings is 2.